The van der Waals surface area contributed by atoms with Crippen molar-refractivity contribution in [2.45, 2.75) is 32.1 Å². The minimum absolute atomic E-state index is 0.0226. The molecule has 1 saturated heterocycles. The van der Waals surface area contributed by atoms with Crippen molar-refractivity contribution in [2.24, 2.45) is 13.0 Å². The molecule has 25 heavy (non-hydrogen) atoms. The number of hydrogen-bond donors (Lipinski definition) is 0. The lowest BCUT2D eigenvalue weighted by atomic mass is 9.98. The number of aryl methyl sites for hydroxylation is 3. The van der Waals surface area contributed by atoms with Gasteiger partial charge in [0.1, 0.15) is 5.82 Å². The average molecular weight is 341 g/mol. The van der Waals surface area contributed by atoms with E-state index in [0.717, 1.165) is 50.3 Å². The van der Waals surface area contributed by atoms with Gasteiger partial charge in [0.05, 0.1) is 18.6 Å². The Morgan fingerprint density at radius 2 is 2.04 bits per heavy atom. The van der Waals surface area contributed by atoms with Gasteiger partial charge in [0.2, 0.25) is 5.88 Å². The number of anilines is 1. The number of hydrogen-bond acceptors (Lipinski definition) is 6. The molecule has 7 nitrogen and oxygen atoms in total. The van der Waals surface area contributed by atoms with Crippen LogP contribution in [0.3, 0.4) is 0 Å². The first-order valence-electron chi connectivity index (χ1n) is 8.95. The second-order valence-electron chi connectivity index (χ2n) is 6.95. The monoisotopic (exact) mass is 341 g/mol. The zero-order chi connectivity index (χ0) is 17.2. The Morgan fingerprint density at radius 3 is 2.84 bits per heavy atom. The first-order chi connectivity index (χ1) is 12.2. The van der Waals surface area contributed by atoms with Crippen LogP contribution in [-0.2, 0) is 19.9 Å². The largest absolute Gasteiger partial charge is 0.476 e. The Bertz CT molecular complexity index is 811. The van der Waals surface area contributed by atoms with Crippen LogP contribution in [0.2, 0.25) is 0 Å². The van der Waals surface area contributed by atoms with Crippen molar-refractivity contribution < 1.29 is 4.74 Å². The highest BCUT2D eigenvalue weighted by atomic mass is 16.5. The van der Waals surface area contributed by atoms with Crippen LogP contribution in [0.1, 0.15) is 30.5 Å². The number of aromatic nitrogens is 4. The van der Waals surface area contributed by atoms with Crippen LogP contribution in [0.4, 0.5) is 5.82 Å². The quantitative estimate of drug-likeness (QED) is 0.836. The van der Waals surface area contributed by atoms with E-state index in [1.807, 2.05) is 6.07 Å². The second kappa shape index (κ2) is 6.82. The summed E-state index contributed by atoms with van der Waals surface area (Å²) in [7, 11) is 1.71. The van der Waals surface area contributed by atoms with Gasteiger partial charge in [-0.2, -0.15) is 5.10 Å². The fourth-order valence-electron chi connectivity index (χ4n) is 3.54. The van der Waals surface area contributed by atoms with Crippen LogP contribution in [-0.4, -0.2) is 39.4 Å². The van der Waals surface area contributed by atoms with Gasteiger partial charge in [0.15, 0.2) is 0 Å². The van der Waals surface area contributed by atoms with Gasteiger partial charge in [-0.3, -0.25) is 4.79 Å². The van der Waals surface area contributed by atoms with E-state index in [-0.39, 0.29) is 5.56 Å². The standard InChI is InChI=1S/C18H23N5O2/c1-22-12-19-16(10-18(22)24)23-7-5-13(6-8-23)11-25-17-9-14-3-2-4-15(14)20-21-17/h9-10,12-13H,2-8,11H2,1H3. The predicted molar refractivity (Wildman–Crippen MR) is 94.0 cm³/mol. The lowest BCUT2D eigenvalue weighted by molar-refractivity contribution is 0.214. The normalized spacial score (nSPS) is 17.6. The van der Waals surface area contributed by atoms with E-state index in [2.05, 4.69) is 20.1 Å². The molecule has 1 aliphatic carbocycles. The molecule has 0 saturated carbocycles. The number of fused-ring (bicyclic) bond motifs is 1. The van der Waals surface area contributed by atoms with Crippen molar-refractivity contribution in [1.29, 1.82) is 0 Å². The van der Waals surface area contributed by atoms with Gasteiger partial charge in [-0.25, -0.2) is 4.98 Å². The van der Waals surface area contributed by atoms with E-state index < -0.39 is 0 Å². The number of nitrogens with zero attached hydrogens (tertiary/aromatic N) is 5. The zero-order valence-corrected chi connectivity index (χ0v) is 14.5. The van der Waals surface area contributed by atoms with E-state index in [0.29, 0.717) is 18.4 Å². The number of ether oxygens (including phenoxy) is 1. The molecule has 2 aliphatic rings. The topological polar surface area (TPSA) is 73.1 Å². The maximum Gasteiger partial charge on any atom is 0.255 e. The van der Waals surface area contributed by atoms with E-state index in [1.165, 1.54) is 16.6 Å². The third-order valence-corrected chi connectivity index (χ3v) is 5.17. The fourth-order valence-corrected chi connectivity index (χ4v) is 3.54. The zero-order valence-electron chi connectivity index (χ0n) is 14.5. The van der Waals surface area contributed by atoms with E-state index in [1.54, 1.807) is 19.4 Å². The van der Waals surface area contributed by atoms with Crippen molar-refractivity contribution in [3.63, 3.8) is 0 Å². The summed E-state index contributed by atoms with van der Waals surface area (Å²) in [6.07, 6.45) is 6.92. The molecule has 3 heterocycles. The van der Waals surface area contributed by atoms with Gasteiger partial charge in [0, 0.05) is 32.3 Å². The summed E-state index contributed by atoms with van der Waals surface area (Å²) in [6.45, 7) is 2.46. The van der Waals surface area contributed by atoms with Gasteiger partial charge >= 0.3 is 0 Å². The van der Waals surface area contributed by atoms with Crippen molar-refractivity contribution in [3.05, 3.63) is 40.1 Å². The lowest BCUT2D eigenvalue weighted by Gasteiger charge is -2.32. The fraction of sp³-hybridized carbons (Fsp3) is 0.556. The van der Waals surface area contributed by atoms with Crippen LogP contribution in [0.15, 0.2) is 23.3 Å². The minimum Gasteiger partial charge on any atom is -0.476 e. The molecule has 7 heteroatoms. The molecule has 2 aromatic rings. The third kappa shape index (κ3) is 3.50. The van der Waals surface area contributed by atoms with Gasteiger partial charge in [-0.15, -0.1) is 5.10 Å². The van der Waals surface area contributed by atoms with Gasteiger partial charge in [0.25, 0.3) is 5.56 Å². The molecular formula is C18H23N5O2. The highest BCUT2D eigenvalue weighted by Crippen LogP contribution is 2.24. The van der Waals surface area contributed by atoms with Crippen LogP contribution >= 0.6 is 0 Å². The Labute approximate surface area is 146 Å². The van der Waals surface area contributed by atoms with Crippen molar-refractivity contribution in [3.8, 4) is 5.88 Å². The molecule has 1 fully saturated rings. The van der Waals surface area contributed by atoms with E-state index in [4.69, 9.17) is 4.74 Å². The Kier molecular flexibility index (Phi) is 4.38. The molecule has 4 rings (SSSR count). The third-order valence-electron chi connectivity index (χ3n) is 5.17. The first kappa shape index (κ1) is 16.1. The highest BCUT2D eigenvalue weighted by molar-refractivity contribution is 5.37. The van der Waals surface area contributed by atoms with Crippen molar-refractivity contribution in [1.82, 2.24) is 19.7 Å². The average Bonchev–Trinajstić information content (AvgIpc) is 3.10. The van der Waals surface area contributed by atoms with Crippen molar-refractivity contribution >= 4 is 5.82 Å². The molecule has 0 bridgehead atoms. The summed E-state index contributed by atoms with van der Waals surface area (Å²) in [5.41, 5.74) is 2.39. The maximum atomic E-state index is 11.8. The summed E-state index contributed by atoms with van der Waals surface area (Å²) in [5, 5.41) is 8.45. The van der Waals surface area contributed by atoms with Gasteiger partial charge in [-0.05, 0) is 43.6 Å². The molecule has 0 aromatic carbocycles. The number of rotatable bonds is 4. The minimum atomic E-state index is -0.0226. The predicted octanol–water partition coefficient (Wildman–Crippen LogP) is 1.35. The molecule has 0 atom stereocenters. The van der Waals surface area contributed by atoms with Crippen molar-refractivity contribution in [2.75, 3.05) is 24.6 Å². The summed E-state index contributed by atoms with van der Waals surface area (Å²) >= 11 is 0. The van der Waals surface area contributed by atoms with Crippen LogP contribution in [0, 0.1) is 5.92 Å². The first-order valence-corrected chi connectivity index (χ1v) is 8.95. The van der Waals surface area contributed by atoms with Gasteiger partial charge in [-0.1, -0.05) is 0 Å². The Balaban J connectivity index is 1.30. The molecule has 1 aliphatic heterocycles. The van der Waals surface area contributed by atoms with Crippen LogP contribution in [0.5, 0.6) is 5.88 Å². The van der Waals surface area contributed by atoms with Crippen LogP contribution < -0.4 is 15.2 Å². The lowest BCUT2D eigenvalue weighted by Crippen LogP contribution is -2.37. The summed E-state index contributed by atoms with van der Waals surface area (Å²) < 4.78 is 7.37. The van der Waals surface area contributed by atoms with Gasteiger partial charge < -0.3 is 14.2 Å². The molecular weight excluding hydrogens is 318 g/mol. The Morgan fingerprint density at radius 1 is 1.20 bits per heavy atom. The Hall–Kier alpha value is -2.44. The molecule has 0 N–H and O–H groups in total. The maximum absolute atomic E-state index is 11.8. The highest BCUT2D eigenvalue weighted by Gasteiger charge is 2.22. The smallest absolute Gasteiger partial charge is 0.255 e. The van der Waals surface area contributed by atoms with E-state index in [9.17, 15) is 4.79 Å². The summed E-state index contributed by atoms with van der Waals surface area (Å²) in [6, 6.07) is 3.66. The second-order valence-corrected chi connectivity index (χ2v) is 6.95. The molecule has 0 amide bonds. The molecule has 132 valence electrons. The SMILES string of the molecule is Cn1cnc(N2CCC(COc3cc4c(nn3)CCC4)CC2)cc1=O. The van der Waals surface area contributed by atoms with Crippen LogP contribution in [0.25, 0.3) is 0 Å². The molecule has 0 unspecified atom stereocenters. The summed E-state index contributed by atoms with van der Waals surface area (Å²) in [5.74, 6) is 1.92. The molecule has 0 spiro atoms. The number of piperidine rings is 1. The molecule has 2 aromatic heterocycles. The van der Waals surface area contributed by atoms with E-state index >= 15 is 0 Å². The molecule has 0 radical (unpaired) electrons. The summed E-state index contributed by atoms with van der Waals surface area (Å²) in [4.78, 5) is 18.3.